The Labute approximate surface area is 173 Å². The van der Waals surface area contributed by atoms with Gasteiger partial charge in [0.15, 0.2) is 17.3 Å². The van der Waals surface area contributed by atoms with Crippen LogP contribution in [0.1, 0.15) is 30.3 Å². The average molecular weight is 407 g/mol. The van der Waals surface area contributed by atoms with Crippen molar-refractivity contribution in [3.63, 3.8) is 0 Å². The summed E-state index contributed by atoms with van der Waals surface area (Å²) in [5, 5.41) is 14.3. The van der Waals surface area contributed by atoms with Gasteiger partial charge in [-0.25, -0.2) is 9.97 Å². The van der Waals surface area contributed by atoms with Gasteiger partial charge >= 0.3 is 0 Å². The molecule has 5 rings (SSSR count). The van der Waals surface area contributed by atoms with Gasteiger partial charge in [-0.05, 0) is 25.0 Å². The van der Waals surface area contributed by atoms with Crippen LogP contribution in [-0.4, -0.2) is 45.7 Å². The van der Waals surface area contributed by atoms with Gasteiger partial charge in [-0.2, -0.15) is 5.26 Å². The number of rotatable bonds is 3. The van der Waals surface area contributed by atoms with E-state index in [0.717, 1.165) is 49.5 Å². The lowest BCUT2D eigenvalue weighted by Crippen LogP contribution is -2.51. The summed E-state index contributed by atoms with van der Waals surface area (Å²) in [5.41, 5.74) is 2.15. The quantitative estimate of drug-likeness (QED) is 0.656. The Balaban J connectivity index is 1.33. The Morgan fingerprint density at radius 1 is 1.14 bits per heavy atom. The maximum atomic E-state index is 9.32. The predicted octanol–water partition coefficient (Wildman–Crippen LogP) is 3.68. The van der Waals surface area contributed by atoms with E-state index in [4.69, 9.17) is 16.1 Å². The van der Waals surface area contributed by atoms with E-state index in [9.17, 15) is 5.26 Å². The van der Waals surface area contributed by atoms with E-state index in [1.165, 1.54) is 0 Å². The molecule has 0 spiro atoms. The topological polar surface area (TPSA) is 82.1 Å². The first kappa shape index (κ1) is 18.1. The van der Waals surface area contributed by atoms with Crippen molar-refractivity contribution in [3.05, 3.63) is 59.2 Å². The summed E-state index contributed by atoms with van der Waals surface area (Å²) in [5.74, 6) is 1.58. The first-order valence-corrected chi connectivity index (χ1v) is 10.0. The maximum absolute atomic E-state index is 9.32. The monoisotopic (exact) mass is 406 g/mol. The third-order valence-corrected chi connectivity index (χ3v) is 6.00. The number of nitrogens with zero attached hydrogens (tertiary/aromatic N) is 6. The molecule has 3 aromatic rings. The summed E-state index contributed by atoms with van der Waals surface area (Å²) in [7, 11) is 0. The molecule has 2 fully saturated rings. The first-order valence-electron chi connectivity index (χ1n) is 9.67. The molecule has 146 valence electrons. The van der Waals surface area contributed by atoms with Gasteiger partial charge in [0, 0.05) is 54.7 Å². The third-order valence-electron chi connectivity index (χ3n) is 5.76. The van der Waals surface area contributed by atoms with Crippen molar-refractivity contribution in [2.45, 2.75) is 24.9 Å². The molecule has 0 unspecified atom stereocenters. The zero-order valence-electron chi connectivity index (χ0n) is 15.7. The Morgan fingerprint density at radius 2 is 2.03 bits per heavy atom. The van der Waals surface area contributed by atoms with Crippen molar-refractivity contribution < 1.29 is 4.52 Å². The number of hydrogen-bond acceptors (Lipinski definition) is 7. The highest BCUT2D eigenvalue weighted by Crippen LogP contribution is 2.39. The number of fused-ring (bicyclic) bond motifs is 1. The lowest BCUT2D eigenvalue weighted by Gasteiger charge is -2.40. The van der Waals surface area contributed by atoms with Crippen molar-refractivity contribution in [3.8, 4) is 17.3 Å². The van der Waals surface area contributed by atoms with E-state index in [1.54, 1.807) is 12.4 Å². The smallest absolute Gasteiger partial charge is 0.183 e. The van der Waals surface area contributed by atoms with E-state index < -0.39 is 0 Å². The molecule has 0 radical (unpaired) electrons. The third kappa shape index (κ3) is 3.35. The molecule has 0 saturated carbocycles. The summed E-state index contributed by atoms with van der Waals surface area (Å²) < 4.78 is 5.73. The highest BCUT2D eigenvalue weighted by atomic mass is 35.5. The van der Waals surface area contributed by atoms with E-state index in [1.807, 2.05) is 30.3 Å². The minimum atomic E-state index is 0.222. The molecule has 2 aliphatic rings. The molecule has 2 aromatic heterocycles. The molecule has 2 aliphatic heterocycles. The number of halogens is 1. The second kappa shape index (κ2) is 7.47. The molecular weight excluding hydrogens is 388 g/mol. The fraction of sp³-hybridized carbons (Fsp3) is 0.333. The summed E-state index contributed by atoms with van der Waals surface area (Å²) in [6.07, 6.45) is 5.29. The van der Waals surface area contributed by atoms with Gasteiger partial charge in [0.25, 0.3) is 0 Å². The second-order valence-electron chi connectivity index (χ2n) is 7.40. The van der Waals surface area contributed by atoms with E-state index >= 15 is 0 Å². The minimum absolute atomic E-state index is 0.222. The van der Waals surface area contributed by atoms with Gasteiger partial charge < -0.3 is 9.42 Å². The van der Waals surface area contributed by atoms with Crippen LogP contribution < -0.4 is 4.90 Å². The maximum Gasteiger partial charge on any atom is 0.183 e. The molecule has 0 amide bonds. The van der Waals surface area contributed by atoms with Gasteiger partial charge in [0.1, 0.15) is 11.8 Å². The predicted molar refractivity (Wildman–Crippen MR) is 108 cm³/mol. The van der Waals surface area contributed by atoms with Crippen LogP contribution in [0, 0.1) is 11.3 Å². The summed E-state index contributed by atoms with van der Waals surface area (Å²) in [4.78, 5) is 13.2. The van der Waals surface area contributed by atoms with E-state index in [0.29, 0.717) is 22.6 Å². The van der Waals surface area contributed by atoms with Crippen molar-refractivity contribution in [2.24, 2.45) is 0 Å². The first-order chi connectivity index (χ1) is 14.2. The van der Waals surface area contributed by atoms with Crippen LogP contribution in [0.5, 0.6) is 0 Å². The molecule has 0 N–H and O–H groups in total. The fourth-order valence-electron chi connectivity index (χ4n) is 4.42. The fourth-order valence-corrected chi connectivity index (χ4v) is 4.61. The van der Waals surface area contributed by atoms with Crippen LogP contribution in [0.3, 0.4) is 0 Å². The number of benzene rings is 1. The van der Waals surface area contributed by atoms with Crippen LogP contribution in [0.15, 0.2) is 47.2 Å². The van der Waals surface area contributed by atoms with Gasteiger partial charge in [-0.3, -0.25) is 4.90 Å². The average Bonchev–Trinajstić information content (AvgIpc) is 3.40. The lowest BCUT2D eigenvalue weighted by atomic mass is 10.1. The molecule has 1 aromatic carbocycles. The van der Waals surface area contributed by atoms with E-state index in [-0.39, 0.29) is 6.04 Å². The van der Waals surface area contributed by atoms with Gasteiger partial charge in [-0.15, -0.1) is 0 Å². The van der Waals surface area contributed by atoms with Crippen LogP contribution in [0.4, 0.5) is 5.82 Å². The standard InChI is InChI=1S/C21H19ClN6O/c22-15-3-1-2-14(10-15)17-11-20(29-26-17)19-5-4-16-13-27(8-9-28(16)19)21-18(12-23)24-6-7-25-21/h1-3,6-7,10-11,16,19H,4-5,8-9,13H2/t16-,19+/m0/s1. The van der Waals surface area contributed by atoms with Crippen LogP contribution >= 0.6 is 11.6 Å². The zero-order chi connectivity index (χ0) is 19.8. The SMILES string of the molecule is N#Cc1nccnc1N1CCN2[C@@H](CC[C@@H]2c2cc(-c3cccc(Cl)c3)no2)C1. The molecule has 29 heavy (non-hydrogen) atoms. The van der Waals surface area contributed by atoms with Crippen molar-refractivity contribution >= 4 is 17.4 Å². The number of piperazine rings is 1. The van der Waals surface area contributed by atoms with Crippen LogP contribution in [0.2, 0.25) is 5.02 Å². The van der Waals surface area contributed by atoms with Crippen molar-refractivity contribution in [2.75, 3.05) is 24.5 Å². The molecule has 0 aliphatic carbocycles. The van der Waals surface area contributed by atoms with Gasteiger partial charge in [0.05, 0.1) is 6.04 Å². The molecule has 2 atom stereocenters. The molecule has 8 heteroatoms. The van der Waals surface area contributed by atoms with Crippen molar-refractivity contribution in [1.82, 2.24) is 20.0 Å². The summed E-state index contributed by atoms with van der Waals surface area (Å²) >= 11 is 6.10. The Morgan fingerprint density at radius 3 is 2.90 bits per heavy atom. The number of nitriles is 1. The molecule has 4 heterocycles. The zero-order valence-corrected chi connectivity index (χ0v) is 16.5. The normalized spacial score (nSPS) is 21.7. The Bertz CT molecular complexity index is 1080. The van der Waals surface area contributed by atoms with E-state index in [2.05, 4.69) is 31.0 Å². The van der Waals surface area contributed by atoms with Crippen LogP contribution in [-0.2, 0) is 0 Å². The van der Waals surface area contributed by atoms with Gasteiger partial charge in [0.2, 0.25) is 0 Å². The molecule has 2 saturated heterocycles. The second-order valence-corrected chi connectivity index (χ2v) is 7.83. The summed E-state index contributed by atoms with van der Waals surface area (Å²) in [6.45, 7) is 2.51. The number of aromatic nitrogens is 3. The highest BCUT2D eigenvalue weighted by Gasteiger charge is 2.40. The molecule has 0 bridgehead atoms. The Kier molecular flexibility index (Phi) is 4.66. The van der Waals surface area contributed by atoms with Gasteiger partial charge in [-0.1, -0.05) is 28.9 Å². The molecule has 7 nitrogen and oxygen atoms in total. The Hall–Kier alpha value is -2.95. The summed E-state index contributed by atoms with van der Waals surface area (Å²) in [6, 6.07) is 12.4. The van der Waals surface area contributed by atoms with Crippen LogP contribution in [0.25, 0.3) is 11.3 Å². The number of hydrogen-bond donors (Lipinski definition) is 0. The largest absolute Gasteiger partial charge is 0.359 e. The minimum Gasteiger partial charge on any atom is -0.359 e. The number of anilines is 1. The lowest BCUT2D eigenvalue weighted by molar-refractivity contribution is 0.153. The molecular formula is C21H19ClN6O. The highest BCUT2D eigenvalue weighted by molar-refractivity contribution is 6.30. The van der Waals surface area contributed by atoms with Crippen molar-refractivity contribution in [1.29, 1.82) is 5.26 Å².